The van der Waals surface area contributed by atoms with E-state index >= 15 is 0 Å². The first-order chi connectivity index (χ1) is 16.4. The Morgan fingerprint density at radius 2 is 1.83 bits per heavy atom. The van der Waals surface area contributed by atoms with E-state index in [9.17, 15) is 19.5 Å². The van der Waals surface area contributed by atoms with Crippen molar-refractivity contribution in [1.29, 1.82) is 0 Å². The number of aliphatic hydroxyl groups is 1. The smallest absolute Gasteiger partial charge is 0.267 e. The van der Waals surface area contributed by atoms with Crippen LogP contribution in [-0.2, 0) is 9.59 Å². The monoisotopic (exact) mass is 500 g/mol. The molecule has 0 aromatic heterocycles. The van der Waals surface area contributed by atoms with E-state index in [1.165, 1.54) is 4.90 Å². The van der Waals surface area contributed by atoms with Crippen LogP contribution in [0.15, 0.2) is 24.3 Å². The van der Waals surface area contributed by atoms with Crippen LogP contribution in [0, 0.1) is 11.8 Å². The topological polar surface area (TPSA) is 95.9 Å². The quantitative estimate of drug-likeness (QED) is 0.463. The van der Waals surface area contributed by atoms with E-state index in [0.29, 0.717) is 24.2 Å². The van der Waals surface area contributed by atoms with Crippen LogP contribution >= 0.6 is 0 Å². The fourth-order valence-corrected chi connectivity index (χ4v) is 8.83. The van der Waals surface area contributed by atoms with Crippen molar-refractivity contribution in [3.05, 3.63) is 29.8 Å². The Morgan fingerprint density at radius 1 is 1.20 bits per heavy atom. The summed E-state index contributed by atoms with van der Waals surface area (Å²) in [7, 11) is -2.10. The number of carbonyl (C=O) groups is 3. The van der Waals surface area contributed by atoms with Crippen molar-refractivity contribution in [3.8, 4) is 5.75 Å². The number of ether oxygens (including phenoxy) is 1. The fraction of sp³-hybridized carbons (Fsp3) is 0.667. The number of rotatable bonds is 5. The summed E-state index contributed by atoms with van der Waals surface area (Å²) in [5.41, 5.74) is -0.768. The summed E-state index contributed by atoms with van der Waals surface area (Å²) in [6.45, 7) is 12.6. The van der Waals surface area contributed by atoms with E-state index < -0.39 is 31.7 Å². The van der Waals surface area contributed by atoms with E-state index in [2.05, 4.69) is 39.2 Å². The van der Waals surface area contributed by atoms with Gasteiger partial charge in [0.15, 0.2) is 5.72 Å². The predicted molar refractivity (Wildman–Crippen MR) is 137 cm³/mol. The van der Waals surface area contributed by atoms with Crippen molar-refractivity contribution in [2.45, 2.75) is 95.2 Å². The van der Waals surface area contributed by atoms with E-state index in [4.69, 9.17) is 4.74 Å². The van der Waals surface area contributed by atoms with Gasteiger partial charge in [0, 0.05) is 19.4 Å². The van der Waals surface area contributed by atoms with E-state index in [0.717, 1.165) is 19.3 Å². The third-order valence-corrected chi connectivity index (χ3v) is 15.6. The van der Waals surface area contributed by atoms with Crippen LogP contribution in [0.2, 0.25) is 23.7 Å². The maximum atomic E-state index is 14.1. The molecule has 1 aromatic carbocycles. The Balaban J connectivity index is 1.66. The number of imide groups is 1. The first kappa shape index (κ1) is 25.9. The second kappa shape index (κ2) is 9.03. The Labute approximate surface area is 209 Å². The number of nitrogens with one attached hydrogen (secondary N) is 1. The largest absolute Gasteiger partial charge is 0.467 e. The lowest BCUT2D eigenvalue weighted by Crippen LogP contribution is -2.70. The van der Waals surface area contributed by atoms with Crippen molar-refractivity contribution < 1.29 is 24.2 Å². The molecule has 1 aromatic rings. The van der Waals surface area contributed by atoms with Gasteiger partial charge in [0.05, 0.1) is 31.5 Å². The van der Waals surface area contributed by atoms with Gasteiger partial charge < -0.3 is 15.2 Å². The number of carbonyl (C=O) groups excluding carboxylic acids is 3. The molecule has 8 heteroatoms. The van der Waals surface area contributed by atoms with Crippen LogP contribution < -0.4 is 10.1 Å². The highest BCUT2D eigenvalue weighted by molar-refractivity contribution is 6.81. The average molecular weight is 501 g/mol. The average Bonchev–Trinajstić information content (AvgIpc) is 2.80. The standard InChI is InChI=1S/C27H40N2O5Si/c1-17(22-21(23(31)28-22)20(16-30)35(5,6)26(2,3)4)24(32)29-25(33)18-12-8-9-13-19(18)34-27(29)14-10-7-11-15-27/h8-9,12-13,17,20-22,30H,7,10-11,14-16H2,1-6H3,(H,28,31)/t17-,20+,21+,22-/m1/s1. The van der Waals surface area contributed by atoms with Crippen molar-refractivity contribution in [2.24, 2.45) is 11.8 Å². The number of amides is 3. The summed E-state index contributed by atoms with van der Waals surface area (Å²) in [4.78, 5) is 41.9. The zero-order chi connectivity index (χ0) is 25.8. The molecule has 1 spiro atoms. The highest BCUT2D eigenvalue weighted by Crippen LogP contribution is 2.50. The van der Waals surface area contributed by atoms with Crippen LogP contribution in [0.5, 0.6) is 5.75 Å². The number of benzene rings is 1. The lowest BCUT2D eigenvalue weighted by atomic mass is 9.78. The van der Waals surface area contributed by atoms with Gasteiger partial charge in [-0.1, -0.05) is 59.3 Å². The molecule has 0 radical (unpaired) electrons. The summed E-state index contributed by atoms with van der Waals surface area (Å²) in [6.07, 6.45) is 4.02. The molecule has 7 nitrogen and oxygen atoms in total. The molecule has 1 aliphatic carbocycles. The highest BCUT2D eigenvalue weighted by Gasteiger charge is 2.58. The number of para-hydroxylation sites is 1. The second-order valence-electron chi connectivity index (χ2n) is 12.2. The van der Waals surface area contributed by atoms with Gasteiger partial charge >= 0.3 is 0 Å². The molecule has 3 amide bonds. The molecule has 1 saturated heterocycles. The Morgan fingerprint density at radius 3 is 2.40 bits per heavy atom. The van der Waals surface area contributed by atoms with Gasteiger partial charge in [-0.2, -0.15) is 0 Å². The van der Waals surface area contributed by atoms with Gasteiger partial charge in [-0.15, -0.1) is 0 Å². The molecule has 0 bridgehead atoms. The SMILES string of the molecule is C[C@@H](C(=O)N1C(=O)c2ccccc2OC12CCCCC2)[C@H]1NC(=O)[C@H]1[C@H](CO)[Si](C)(C)C(C)(C)C. The minimum atomic E-state index is -2.10. The maximum Gasteiger partial charge on any atom is 0.267 e. The normalized spacial score (nSPS) is 25.7. The predicted octanol–water partition coefficient (Wildman–Crippen LogP) is 4.33. The molecule has 2 N–H and O–H groups in total. The molecular formula is C27H40N2O5Si. The van der Waals surface area contributed by atoms with Gasteiger partial charge in [-0.05, 0) is 35.6 Å². The van der Waals surface area contributed by atoms with E-state index in [1.807, 2.05) is 6.07 Å². The van der Waals surface area contributed by atoms with Crippen molar-refractivity contribution in [1.82, 2.24) is 10.2 Å². The molecule has 35 heavy (non-hydrogen) atoms. The number of hydrogen-bond acceptors (Lipinski definition) is 5. The van der Waals surface area contributed by atoms with Crippen molar-refractivity contribution >= 4 is 25.8 Å². The molecule has 4 atom stereocenters. The third-order valence-electron chi connectivity index (χ3n) is 9.30. The van der Waals surface area contributed by atoms with Gasteiger partial charge in [0.2, 0.25) is 11.8 Å². The molecule has 4 rings (SSSR count). The summed E-state index contributed by atoms with van der Waals surface area (Å²) in [5, 5.41) is 13.3. The highest BCUT2D eigenvalue weighted by atomic mass is 28.3. The molecule has 1 saturated carbocycles. The summed E-state index contributed by atoms with van der Waals surface area (Å²) in [6, 6.07) is 6.69. The number of β-lactam (4-membered cyclic amide) rings is 1. The maximum absolute atomic E-state index is 14.1. The van der Waals surface area contributed by atoms with Gasteiger partial charge in [-0.3, -0.25) is 14.4 Å². The molecule has 3 aliphatic rings. The summed E-state index contributed by atoms with van der Waals surface area (Å²) >= 11 is 0. The number of hydrogen-bond donors (Lipinski definition) is 2. The van der Waals surface area contributed by atoms with Gasteiger partial charge in [0.25, 0.3) is 5.91 Å². The van der Waals surface area contributed by atoms with Crippen LogP contribution in [0.4, 0.5) is 0 Å². The fourth-order valence-electron chi connectivity index (χ4n) is 6.01. The van der Waals surface area contributed by atoms with Crippen molar-refractivity contribution in [2.75, 3.05) is 6.61 Å². The zero-order valence-electron chi connectivity index (χ0n) is 21.9. The number of fused-ring (bicyclic) bond motifs is 1. The molecule has 192 valence electrons. The van der Waals surface area contributed by atoms with E-state index in [1.54, 1.807) is 25.1 Å². The van der Waals surface area contributed by atoms with Crippen LogP contribution in [0.1, 0.15) is 70.2 Å². The molecule has 2 aliphatic heterocycles. The second-order valence-corrected chi connectivity index (χ2v) is 17.9. The minimum Gasteiger partial charge on any atom is -0.467 e. The van der Waals surface area contributed by atoms with Crippen LogP contribution in [0.25, 0.3) is 0 Å². The van der Waals surface area contributed by atoms with Gasteiger partial charge in [0.1, 0.15) is 5.75 Å². The van der Waals surface area contributed by atoms with Gasteiger partial charge in [-0.25, -0.2) is 4.90 Å². The first-order valence-corrected chi connectivity index (χ1v) is 16.0. The Kier molecular flexibility index (Phi) is 6.68. The molecule has 2 fully saturated rings. The Hall–Kier alpha value is -2.19. The van der Waals surface area contributed by atoms with Crippen LogP contribution in [0.3, 0.4) is 0 Å². The Bertz CT molecular complexity index is 1010. The number of nitrogens with zero attached hydrogens (tertiary/aromatic N) is 1. The van der Waals surface area contributed by atoms with Crippen molar-refractivity contribution in [3.63, 3.8) is 0 Å². The number of aliphatic hydroxyl groups excluding tert-OH is 1. The first-order valence-electron chi connectivity index (χ1n) is 12.9. The molecular weight excluding hydrogens is 460 g/mol. The molecule has 0 unspecified atom stereocenters. The summed E-state index contributed by atoms with van der Waals surface area (Å²) in [5.74, 6) is -1.28. The summed E-state index contributed by atoms with van der Waals surface area (Å²) < 4.78 is 6.43. The van der Waals surface area contributed by atoms with Crippen LogP contribution in [-0.4, -0.2) is 54.2 Å². The molecule has 2 heterocycles. The minimum absolute atomic E-state index is 0.0272. The van der Waals surface area contributed by atoms with E-state index in [-0.39, 0.29) is 34.9 Å². The third kappa shape index (κ3) is 4.12. The lowest BCUT2D eigenvalue weighted by molar-refractivity contribution is -0.161. The lowest BCUT2D eigenvalue weighted by Gasteiger charge is -2.53. The zero-order valence-corrected chi connectivity index (χ0v) is 22.9.